The zero-order valence-corrected chi connectivity index (χ0v) is 16.7. The summed E-state index contributed by atoms with van der Waals surface area (Å²) in [6.07, 6.45) is 1.25. The van der Waals surface area contributed by atoms with Gasteiger partial charge in [0.05, 0.1) is 25.2 Å². The molecule has 1 aliphatic rings. The number of hydrogen-bond acceptors (Lipinski definition) is 4. The van der Waals surface area contributed by atoms with Crippen LogP contribution in [0.4, 0.5) is 4.39 Å². The highest BCUT2D eigenvalue weighted by atomic mass is 19.1. The average molecular weight is 414 g/mol. The van der Waals surface area contributed by atoms with Crippen LogP contribution in [-0.2, 0) is 16.0 Å². The molecule has 3 rings (SSSR count). The Morgan fingerprint density at radius 1 is 1.07 bits per heavy atom. The van der Waals surface area contributed by atoms with Gasteiger partial charge >= 0.3 is 0 Å². The van der Waals surface area contributed by atoms with Crippen LogP contribution in [0.1, 0.15) is 35.2 Å². The van der Waals surface area contributed by atoms with E-state index in [1.165, 1.54) is 24.3 Å². The molecule has 30 heavy (non-hydrogen) atoms. The van der Waals surface area contributed by atoms with E-state index in [4.69, 9.17) is 4.74 Å². The van der Waals surface area contributed by atoms with Gasteiger partial charge in [-0.3, -0.25) is 9.59 Å². The predicted octanol–water partition coefficient (Wildman–Crippen LogP) is 2.21. The molecule has 0 saturated carbocycles. The molecule has 1 fully saturated rings. The fourth-order valence-corrected chi connectivity index (χ4v) is 3.57. The standard InChI is InChI=1S/C23H27FN2O4/c24-18-8-6-17(7-9-18)23(29)26-20-11-10-19(30-21(20)15-27)14-22(28)25-13-12-16-4-2-1-3-5-16/h1-9,19-21,27H,10-15H2,(H,25,28)(H,26,29)/t19-,20+,21-/m0/s1. The molecule has 0 spiro atoms. The van der Waals surface area contributed by atoms with Gasteiger partial charge in [0, 0.05) is 12.1 Å². The third-order valence-corrected chi connectivity index (χ3v) is 5.21. The fraction of sp³-hybridized carbons (Fsp3) is 0.391. The number of carbonyl (C=O) groups excluding carboxylic acids is 2. The Hall–Kier alpha value is -2.77. The molecule has 2 aromatic rings. The maximum atomic E-state index is 13.0. The highest BCUT2D eigenvalue weighted by Crippen LogP contribution is 2.22. The Labute approximate surface area is 175 Å². The number of aliphatic hydroxyl groups is 1. The number of aliphatic hydroxyl groups excluding tert-OH is 1. The minimum atomic E-state index is -0.592. The molecule has 0 aromatic heterocycles. The summed E-state index contributed by atoms with van der Waals surface area (Å²) in [6, 6.07) is 14.8. The van der Waals surface area contributed by atoms with Crippen molar-refractivity contribution in [1.29, 1.82) is 0 Å². The molecule has 0 unspecified atom stereocenters. The third-order valence-electron chi connectivity index (χ3n) is 5.21. The maximum absolute atomic E-state index is 13.0. The van der Waals surface area contributed by atoms with Crippen LogP contribution in [0, 0.1) is 5.82 Å². The molecule has 160 valence electrons. The molecule has 3 N–H and O–H groups in total. The molecule has 1 aliphatic heterocycles. The number of carbonyl (C=O) groups is 2. The molecular formula is C23H27FN2O4. The lowest BCUT2D eigenvalue weighted by Gasteiger charge is -2.36. The van der Waals surface area contributed by atoms with Crippen molar-refractivity contribution < 1.29 is 23.8 Å². The third kappa shape index (κ3) is 6.37. The van der Waals surface area contributed by atoms with Crippen molar-refractivity contribution in [1.82, 2.24) is 10.6 Å². The largest absolute Gasteiger partial charge is 0.394 e. The molecule has 2 amide bonds. The van der Waals surface area contributed by atoms with Gasteiger partial charge < -0.3 is 20.5 Å². The SMILES string of the molecule is O=C(C[C@@H]1CC[C@@H](NC(=O)c2ccc(F)cc2)[C@H](CO)O1)NCCc1ccccc1. The lowest BCUT2D eigenvalue weighted by Crippen LogP contribution is -2.51. The van der Waals surface area contributed by atoms with Crippen molar-refractivity contribution in [3.8, 4) is 0 Å². The zero-order valence-electron chi connectivity index (χ0n) is 16.7. The van der Waals surface area contributed by atoms with Crippen LogP contribution >= 0.6 is 0 Å². The molecule has 0 bridgehead atoms. The first kappa shape index (κ1) is 21.9. The number of hydrogen-bond donors (Lipinski definition) is 3. The van der Waals surface area contributed by atoms with Crippen LogP contribution in [0.3, 0.4) is 0 Å². The summed E-state index contributed by atoms with van der Waals surface area (Å²) < 4.78 is 18.9. The second-order valence-electron chi connectivity index (χ2n) is 7.43. The van der Waals surface area contributed by atoms with Crippen LogP contribution in [0.25, 0.3) is 0 Å². The summed E-state index contributed by atoms with van der Waals surface area (Å²) in [4.78, 5) is 24.6. The zero-order chi connectivity index (χ0) is 21.3. The summed E-state index contributed by atoms with van der Waals surface area (Å²) >= 11 is 0. The summed E-state index contributed by atoms with van der Waals surface area (Å²) in [6.45, 7) is 0.288. The monoisotopic (exact) mass is 414 g/mol. The van der Waals surface area contributed by atoms with Gasteiger partial charge in [0.15, 0.2) is 0 Å². The number of rotatable bonds is 8. The Kier molecular flexibility index (Phi) is 7.93. The molecule has 6 nitrogen and oxygen atoms in total. The smallest absolute Gasteiger partial charge is 0.251 e. The summed E-state index contributed by atoms with van der Waals surface area (Å²) in [5, 5.41) is 15.4. The lowest BCUT2D eigenvalue weighted by molar-refractivity contribution is -0.130. The Morgan fingerprint density at radius 2 is 1.80 bits per heavy atom. The first-order valence-electron chi connectivity index (χ1n) is 10.2. The second kappa shape index (κ2) is 10.8. The first-order valence-corrected chi connectivity index (χ1v) is 10.2. The summed E-state index contributed by atoms with van der Waals surface area (Å²) in [7, 11) is 0. The number of benzene rings is 2. The first-order chi connectivity index (χ1) is 14.5. The Morgan fingerprint density at radius 3 is 2.50 bits per heavy atom. The normalized spacial score (nSPS) is 21.1. The van der Waals surface area contributed by atoms with E-state index >= 15 is 0 Å². The summed E-state index contributed by atoms with van der Waals surface area (Å²) in [5.74, 6) is -0.855. The van der Waals surface area contributed by atoms with Gasteiger partial charge in [-0.1, -0.05) is 30.3 Å². The highest BCUT2D eigenvalue weighted by Gasteiger charge is 2.33. The molecule has 1 heterocycles. The van der Waals surface area contributed by atoms with Gasteiger partial charge in [-0.05, 0) is 49.1 Å². The van der Waals surface area contributed by atoms with Gasteiger partial charge in [0.1, 0.15) is 11.9 Å². The fourth-order valence-electron chi connectivity index (χ4n) is 3.57. The van der Waals surface area contributed by atoms with Crippen molar-refractivity contribution in [3.05, 3.63) is 71.5 Å². The van der Waals surface area contributed by atoms with E-state index in [1.807, 2.05) is 30.3 Å². The van der Waals surface area contributed by atoms with Crippen molar-refractivity contribution >= 4 is 11.8 Å². The van der Waals surface area contributed by atoms with Crippen molar-refractivity contribution in [2.75, 3.05) is 13.2 Å². The number of ether oxygens (including phenoxy) is 1. The van der Waals surface area contributed by atoms with Gasteiger partial charge in [-0.25, -0.2) is 4.39 Å². The van der Waals surface area contributed by atoms with E-state index in [2.05, 4.69) is 10.6 Å². The number of nitrogens with one attached hydrogen (secondary N) is 2. The van der Waals surface area contributed by atoms with Gasteiger partial charge in [-0.2, -0.15) is 0 Å². The number of amides is 2. The van der Waals surface area contributed by atoms with Crippen LogP contribution in [0.5, 0.6) is 0 Å². The molecular weight excluding hydrogens is 387 g/mol. The van der Waals surface area contributed by atoms with Crippen LogP contribution in [0.15, 0.2) is 54.6 Å². The van der Waals surface area contributed by atoms with E-state index in [0.29, 0.717) is 24.9 Å². The Balaban J connectivity index is 1.43. The van der Waals surface area contributed by atoms with Crippen LogP contribution in [-0.4, -0.2) is 48.3 Å². The average Bonchev–Trinajstić information content (AvgIpc) is 2.76. The van der Waals surface area contributed by atoms with Gasteiger partial charge in [0.25, 0.3) is 5.91 Å². The molecule has 0 radical (unpaired) electrons. The van der Waals surface area contributed by atoms with E-state index in [0.717, 1.165) is 12.0 Å². The van der Waals surface area contributed by atoms with E-state index in [9.17, 15) is 19.1 Å². The van der Waals surface area contributed by atoms with E-state index in [-0.39, 0.29) is 37.0 Å². The van der Waals surface area contributed by atoms with Crippen LogP contribution < -0.4 is 10.6 Å². The van der Waals surface area contributed by atoms with Gasteiger partial charge in [-0.15, -0.1) is 0 Å². The van der Waals surface area contributed by atoms with Crippen LogP contribution in [0.2, 0.25) is 0 Å². The van der Waals surface area contributed by atoms with E-state index < -0.39 is 11.9 Å². The molecule has 3 atom stereocenters. The molecule has 0 aliphatic carbocycles. The quantitative estimate of drug-likeness (QED) is 0.618. The highest BCUT2D eigenvalue weighted by molar-refractivity contribution is 5.94. The van der Waals surface area contributed by atoms with Crippen molar-refractivity contribution in [2.24, 2.45) is 0 Å². The van der Waals surface area contributed by atoms with Crippen molar-refractivity contribution in [3.63, 3.8) is 0 Å². The molecule has 7 heteroatoms. The van der Waals surface area contributed by atoms with Crippen molar-refractivity contribution in [2.45, 2.75) is 43.9 Å². The predicted molar refractivity (Wildman–Crippen MR) is 110 cm³/mol. The Bertz CT molecular complexity index is 829. The topological polar surface area (TPSA) is 87.7 Å². The lowest BCUT2D eigenvalue weighted by atomic mass is 9.96. The van der Waals surface area contributed by atoms with Gasteiger partial charge in [0.2, 0.25) is 5.91 Å². The van der Waals surface area contributed by atoms with E-state index in [1.54, 1.807) is 0 Å². The minimum absolute atomic E-state index is 0.0959. The second-order valence-corrected chi connectivity index (χ2v) is 7.43. The molecule has 1 saturated heterocycles. The molecule has 2 aromatic carbocycles. The number of halogens is 1. The maximum Gasteiger partial charge on any atom is 0.251 e. The summed E-state index contributed by atoms with van der Waals surface area (Å²) in [5.41, 5.74) is 1.50. The minimum Gasteiger partial charge on any atom is -0.394 e.